The van der Waals surface area contributed by atoms with Crippen LogP contribution in [0.2, 0.25) is 0 Å². The van der Waals surface area contributed by atoms with Crippen molar-refractivity contribution in [1.82, 2.24) is 5.32 Å². The highest BCUT2D eigenvalue weighted by atomic mass is 19.1. The Morgan fingerprint density at radius 3 is 3.15 bits per heavy atom. The lowest BCUT2D eigenvalue weighted by molar-refractivity contribution is -0.128. The Kier molecular flexibility index (Phi) is 3.50. The van der Waals surface area contributed by atoms with E-state index in [2.05, 4.69) is 10.6 Å². The minimum Gasteiger partial charge on any atom is -0.325 e. The van der Waals surface area contributed by atoms with E-state index in [1.54, 1.807) is 6.07 Å². The van der Waals surface area contributed by atoms with Gasteiger partial charge in [-0.15, -0.1) is 0 Å². The highest BCUT2D eigenvalue weighted by Gasteiger charge is 2.49. The first kappa shape index (κ1) is 13.6. The number of hydrogen-bond acceptors (Lipinski definition) is 2. The second kappa shape index (κ2) is 5.17. The van der Waals surface area contributed by atoms with Gasteiger partial charge in [0, 0.05) is 12.2 Å². The normalized spacial score (nSPS) is 29.0. The number of amides is 1. The SMILES string of the molecule is Cc1ccc(F)cc1NC(=O)[C@@]12CCCC[C@H]1CNC2. The summed E-state index contributed by atoms with van der Waals surface area (Å²) in [7, 11) is 0. The van der Waals surface area contributed by atoms with Gasteiger partial charge in [0.1, 0.15) is 5.82 Å². The number of halogens is 1. The molecule has 2 atom stereocenters. The molecule has 1 heterocycles. The van der Waals surface area contributed by atoms with E-state index in [1.807, 2.05) is 6.92 Å². The molecule has 2 aliphatic rings. The van der Waals surface area contributed by atoms with Crippen molar-refractivity contribution in [2.45, 2.75) is 32.6 Å². The summed E-state index contributed by atoms with van der Waals surface area (Å²) in [5, 5.41) is 6.33. The van der Waals surface area contributed by atoms with Gasteiger partial charge in [-0.3, -0.25) is 4.79 Å². The lowest BCUT2D eigenvalue weighted by Crippen LogP contribution is -2.44. The summed E-state index contributed by atoms with van der Waals surface area (Å²) in [6.45, 7) is 3.56. The van der Waals surface area contributed by atoms with Crippen LogP contribution in [-0.2, 0) is 4.79 Å². The Bertz CT molecular complexity index is 531. The summed E-state index contributed by atoms with van der Waals surface area (Å²) in [6, 6.07) is 4.53. The van der Waals surface area contributed by atoms with Gasteiger partial charge >= 0.3 is 0 Å². The quantitative estimate of drug-likeness (QED) is 0.872. The smallest absolute Gasteiger partial charge is 0.232 e. The van der Waals surface area contributed by atoms with Gasteiger partial charge in [0.25, 0.3) is 0 Å². The molecule has 1 aliphatic heterocycles. The number of aryl methyl sites for hydroxylation is 1. The zero-order chi connectivity index (χ0) is 14.2. The first-order chi connectivity index (χ1) is 9.62. The van der Waals surface area contributed by atoms with Crippen LogP contribution >= 0.6 is 0 Å². The van der Waals surface area contributed by atoms with E-state index in [0.29, 0.717) is 11.6 Å². The number of anilines is 1. The average molecular weight is 276 g/mol. The summed E-state index contributed by atoms with van der Waals surface area (Å²) < 4.78 is 13.3. The van der Waals surface area contributed by atoms with Crippen molar-refractivity contribution in [3.05, 3.63) is 29.6 Å². The molecular weight excluding hydrogens is 255 g/mol. The van der Waals surface area contributed by atoms with Crippen molar-refractivity contribution >= 4 is 11.6 Å². The lowest BCUT2D eigenvalue weighted by atomic mass is 9.67. The molecule has 2 N–H and O–H groups in total. The fraction of sp³-hybridized carbons (Fsp3) is 0.562. The molecular formula is C16H21FN2O. The molecule has 1 aliphatic carbocycles. The Hall–Kier alpha value is -1.42. The summed E-state index contributed by atoms with van der Waals surface area (Å²) in [4.78, 5) is 12.8. The van der Waals surface area contributed by atoms with E-state index in [-0.39, 0.29) is 17.1 Å². The Morgan fingerprint density at radius 2 is 2.30 bits per heavy atom. The number of benzene rings is 1. The van der Waals surface area contributed by atoms with Crippen molar-refractivity contribution in [2.24, 2.45) is 11.3 Å². The van der Waals surface area contributed by atoms with Crippen LogP contribution in [0.1, 0.15) is 31.2 Å². The lowest BCUT2D eigenvalue weighted by Gasteiger charge is -2.37. The third-order valence-electron chi connectivity index (χ3n) is 4.94. The second-order valence-electron chi connectivity index (χ2n) is 6.14. The molecule has 3 nitrogen and oxygen atoms in total. The van der Waals surface area contributed by atoms with E-state index in [9.17, 15) is 9.18 Å². The van der Waals surface area contributed by atoms with Gasteiger partial charge in [0.15, 0.2) is 0 Å². The Morgan fingerprint density at radius 1 is 1.45 bits per heavy atom. The molecule has 0 unspecified atom stereocenters. The van der Waals surface area contributed by atoms with Crippen molar-refractivity contribution in [1.29, 1.82) is 0 Å². The van der Waals surface area contributed by atoms with Gasteiger partial charge in [0.05, 0.1) is 5.41 Å². The van der Waals surface area contributed by atoms with Crippen LogP contribution in [0.5, 0.6) is 0 Å². The van der Waals surface area contributed by atoms with Crippen molar-refractivity contribution in [3.8, 4) is 0 Å². The summed E-state index contributed by atoms with van der Waals surface area (Å²) in [5.41, 5.74) is 1.20. The molecule has 0 spiro atoms. The van der Waals surface area contributed by atoms with E-state index in [0.717, 1.165) is 37.9 Å². The molecule has 3 rings (SSSR count). The molecule has 0 bridgehead atoms. The van der Waals surface area contributed by atoms with Gasteiger partial charge < -0.3 is 10.6 Å². The molecule has 1 aromatic rings. The van der Waals surface area contributed by atoms with Crippen molar-refractivity contribution in [2.75, 3.05) is 18.4 Å². The predicted octanol–water partition coefficient (Wildman–Crippen LogP) is 2.85. The van der Waals surface area contributed by atoms with Crippen LogP contribution in [0.25, 0.3) is 0 Å². The minimum atomic E-state index is -0.312. The van der Waals surface area contributed by atoms with Crippen LogP contribution in [0.3, 0.4) is 0 Å². The molecule has 1 saturated heterocycles. The molecule has 108 valence electrons. The zero-order valence-electron chi connectivity index (χ0n) is 11.8. The monoisotopic (exact) mass is 276 g/mol. The fourth-order valence-electron chi connectivity index (χ4n) is 3.67. The molecule has 0 radical (unpaired) electrons. The number of carbonyl (C=O) groups is 1. The average Bonchev–Trinajstić information content (AvgIpc) is 2.88. The highest BCUT2D eigenvalue weighted by Crippen LogP contribution is 2.44. The predicted molar refractivity (Wildman–Crippen MR) is 77.0 cm³/mol. The fourth-order valence-corrected chi connectivity index (χ4v) is 3.67. The molecule has 4 heteroatoms. The number of rotatable bonds is 2. The van der Waals surface area contributed by atoms with E-state index in [4.69, 9.17) is 0 Å². The van der Waals surface area contributed by atoms with Crippen LogP contribution in [0.4, 0.5) is 10.1 Å². The van der Waals surface area contributed by atoms with Gasteiger partial charge in [-0.05, 0) is 49.9 Å². The molecule has 2 fully saturated rings. The maximum atomic E-state index is 13.3. The maximum Gasteiger partial charge on any atom is 0.232 e. The standard InChI is InChI=1S/C16H21FN2O/c1-11-5-6-13(17)8-14(11)19-15(20)16-7-3-2-4-12(16)9-18-10-16/h5-6,8,12,18H,2-4,7,9-10H2,1H3,(H,19,20)/t12-,16+/m0/s1. The summed E-state index contributed by atoms with van der Waals surface area (Å²) in [6.07, 6.45) is 4.36. The van der Waals surface area contributed by atoms with Crippen molar-refractivity contribution in [3.63, 3.8) is 0 Å². The number of hydrogen-bond donors (Lipinski definition) is 2. The van der Waals surface area contributed by atoms with E-state index < -0.39 is 0 Å². The molecule has 20 heavy (non-hydrogen) atoms. The number of fused-ring (bicyclic) bond motifs is 1. The Labute approximate surface area is 118 Å². The van der Waals surface area contributed by atoms with Crippen LogP contribution in [0.15, 0.2) is 18.2 Å². The Balaban J connectivity index is 1.83. The zero-order valence-corrected chi connectivity index (χ0v) is 11.8. The first-order valence-corrected chi connectivity index (χ1v) is 7.40. The first-order valence-electron chi connectivity index (χ1n) is 7.40. The van der Waals surface area contributed by atoms with Gasteiger partial charge in [-0.2, -0.15) is 0 Å². The number of nitrogens with one attached hydrogen (secondary N) is 2. The van der Waals surface area contributed by atoms with Crippen LogP contribution < -0.4 is 10.6 Å². The summed E-state index contributed by atoms with van der Waals surface area (Å²) in [5.74, 6) is 0.166. The van der Waals surface area contributed by atoms with Crippen LogP contribution in [0, 0.1) is 24.1 Å². The third kappa shape index (κ3) is 2.22. The highest BCUT2D eigenvalue weighted by molar-refractivity contribution is 5.96. The van der Waals surface area contributed by atoms with E-state index >= 15 is 0 Å². The molecule has 1 saturated carbocycles. The largest absolute Gasteiger partial charge is 0.325 e. The van der Waals surface area contributed by atoms with Crippen LogP contribution in [-0.4, -0.2) is 19.0 Å². The second-order valence-corrected chi connectivity index (χ2v) is 6.14. The van der Waals surface area contributed by atoms with E-state index in [1.165, 1.54) is 18.6 Å². The topological polar surface area (TPSA) is 41.1 Å². The van der Waals surface area contributed by atoms with Gasteiger partial charge in [-0.1, -0.05) is 18.9 Å². The number of carbonyl (C=O) groups excluding carboxylic acids is 1. The minimum absolute atomic E-state index is 0.0564. The van der Waals surface area contributed by atoms with Crippen molar-refractivity contribution < 1.29 is 9.18 Å². The molecule has 1 aromatic carbocycles. The maximum absolute atomic E-state index is 13.3. The summed E-state index contributed by atoms with van der Waals surface area (Å²) >= 11 is 0. The molecule has 0 aromatic heterocycles. The van der Waals surface area contributed by atoms with Gasteiger partial charge in [-0.25, -0.2) is 4.39 Å². The third-order valence-corrected chi connectivity index (χ3v) is 4.94. The van der Waals surface area contributed by atoms with Gasteiger partial charge in [0.2, 0.25) is 5.91 Å². The molecule has 1 amide bonds.